The molecule has 0 atom stereocenters. The maximum atomic E-state index is 11.5. The van der Waals surface area contributed by atoms with Crippen LogP contribution in [-0.2, 0) is 0 Å². The van der Waals surface area contributed by atoms with Gasteiger partial charge in [-0.1, -0.05) is 17.7 Å². The van der Waals surface area contributed by atoms with Crippen LogP contribution < -0.4 is 10.9 Å². The van der Waals surface area contributed by atoms with Crippen molar-refractivity contribution in [2.24, 2.45) is 5.10 Å². The van der Waals surface area contributed by atoms with Crippen LogP contribution in [0.15, 0.2) is 29.4 Å². The third-order valence-corrected chi connectivity index (χ3v) is 2.29. The molecule has 0 fully saturated rings. The predicted octanol–water partition coefficient (Wildman–Crippen LogP) is 1.72. The van der Waals surface area contributed by atoms with Crippen molar-refractivity contribution < 1.29 is 4.79 Å². The lowest BCUT2D eigenvalue weighted by molar-refractivity contribution is 0.211. The number of rotatable bonds is 2. The molecular formula is C11H14N4O. The van der Waals surface area contributed by atoms with Gasteiger partial charge < -0.3 is 0 Å². The number of nitrogens with one attached hydrogen (secondary N) is 2. The number of hydrazone groups is 1. The van der Waals surface area contributed by atoms with Gasteiger partial charge >= 0.3 is 6.03 Å². The van der Waals surface area contributed by atoms with Gasteiger partial charge in [0.15, 0.2) is 0 Å². The van der Waals surface area contributed by atoms with Crippen LogP contribution in [0.2, 0.25) is 0 Å². The van der Waals surface area contributed by atoms with Crippen LogP contribution in [0.25, 0.3) is 0 Å². The van der Waals surface area contributed by atoms with E-state index in [9.17, 15) is 4.79 Å². The minimum absolute atomic E-state index is 0.244. The lowest BCUT2D eigenvalue weighted by atomic mass is 10.2. The number of anilines is 1. The van der Waals surface area contributed by atoms with Gasteiger partial charge in [-0.05, 0) is 26.0 Å². The molecule has 16 heavy (non-hydrogen) atoms. The first-order valence-electron chi connectivity index (χ1n) is 5.09. The number of nitrogens with zero attached hydrogens (tertiary/aromatic N) is 2. The van der Waals surface area contributed by atoms with Crippen LogP contribution in [0, 0.1) is 6.92 Å². The molecule has 84 valence electrons. The van der Waals surface area contributed by atoms with Crippen molar-refractivity contribution in [1.29, 1.82) is 0 Å². The fourth-order valence-electron chi connectivity index (χ4n) is 1.41. The number of benzene rings is 1. The molecule has 2 N–H and O–H groups in total. The summed E-state index contributed by atoms with van der Waals surface area (Å²) in [6.07, 6.45) is 0. The zero-order valence-corrected chi connectivity index (χ0v) is 9.32. The molecule has 1 aromatic rings. The van der Waals surface area contributed by atoms with Crippen molar-refractivity contribution in [2.45, 2.75) is 13.8 Å². The smallest absolute Gasteiger partial charge is 0.294 e. The van der Waals surface area contributed by atoms with Gasteiger partial charge in [0.05, 0.1) is 17.9 Å². The summed E-state index contributed by atoms with van der Waals surface area (Å²) in [6.45, 7) is 4.37. The largest absolute Gasteiger partial charge is 0.356 e. The lowest BCUT2D eigenvalue weighted by Gasteiger charge is -2.26. The van der Waals surface area contributed by atoms with Crippen molar-refractivity contribution in [3.05, 3.63) is 29.8 Å². The number of hydrazine groups is 1. The molecule has 0 bridgehead atoms. The molecule has 0 spiro atoms. The summed E-state index contributed by atoms with van der Waals surface area (Å²) in [7, 11) is 0. The van der Waals surface area contributed by atoms with Gasteiger partial charge in [0.25, 0.3) is 0 Å². The molecule has 0 saturated carbocycles. The molecule has 0 aliphatic carbocycles. The lowest BCUT2D eigenvalue weighted by Crippen LogP contribution is -2.48. The molecule has 1 heterocycles. The Morgan fingerprint density at radius 2 is 2.00 bits per heavy atom. The topological polar surface area (TPSA) is 56.7 Å². The molecule has 1 aliphatic heterocycles. The Morgan fingerprint density at radius 3 is 2.69 bits per heavy atom. The Morgan fingerprint density at radius 1 is 1.31 bits per heavy atom. The van der Waals surface area contributed by atoms with Crippen LogP contribution in [0.1, 0.15) is 12.5 Å². The van der Waals surface area contributed by atoms with Gasteiger partial charge in [0, 0.05) is 0 Å². The quantitative estimate of drug-likeness (QED) is 0.794. The number of urea groups is 1. The first kappa shape index (κ1) is 10.5. The summed E-state index contributed by atoms with van der Waals surface area (Å²) < 4.78 is 0. The molecular weight excluding hydrogens is 204 g/mol. The van der Waals surface area contributed by atoms with E-state index in [2.05, 4.69) is 16.0 Å². The third-order valence-electron chi connectivity index (χ3n) is 2.29. The van der Waals surface area contributed by atoms with E-state index < -0.39 is 0 Å². The van der Waals surface area contributed by atoms with Crippen LogP contribution in [0.3, 0.4) is 0 Å². The Balaban J connectivity index is 2.07. The summed E-state index contributed by atoms with van der Waals surface area (Å²) in [5.74, 6) is 0. The SMILES string of the molecule is CC1=NNC(=O)N(Nc2ccc(C)cc2)C1. The molecule has 1 aliphatic rings. The van der Waals surface area contributed by atoms with E-state index >= 15 is 0 Å². The van der Waals surface area contributed by atoms with E-state index in [1.54, 1.807) is 0 Å². The predicted molar refractivity (Wildman–Crippen MR) is 63.1 cm³/mol. The first-order valence-corrected chi connectivity index (χ1v) is 5.09. The number of hydrogen-bond acceptors (Lipinski definition) is 3. The van der Waals surface area contributed by atoms with E-state index in [-0.39, 0.29) is 6.03 Å². The van der Waals surface area contributed by atoms with E-state index in [0.717, 1.165) is 11.4 Å². The van der Waals surface area contributed by atoms with Gasteiger partial charge in [0.2, 0.25) is 0 Å². The van der Waals surface area contributed by atoms with Crippen molar-refractivity contribution in [3.8, 4) is 0 Å². The number of carbonyl (C=O) groups is 1. The molecule has 0 radical (unpaired) electrons. The summed E-state index contributed by atoms with van der Waals surface area (Å²) >= 11 is 0. The fourth-order valence-corrected chi connectivity index (χ4v) is 1.41. The second-order valence-electron chi connectivity index (χ2n) is 3.83. The summed E-state index contributed by atoms with van der Waals surface area (Å²) in [5, 5.41) is 5.35. The maximum absolute atomic E-state index is 11.5. The van der Waals surface area contributed by atoms with Crippen molar-refractivity contribution in [3.63, 3.8) is 0 Å². The van der Waals surface area contributed by atoms with Crippen molar-refractivity contribution >= 4 is 17.4 Å². The molecule has 5 nitrogen and oxygen atoms in total. The molecule has 5 heteroatoms. The molecule has 0 aromatic heterocycles. The Kier molecular flexibility index (Phi) is 2.76. The number of hydrogen-bond donors (Lipinski definition) is 2. The normalized spacial score (nSPS) is 15.5. The Hall–Kier alpha value is -2.04. The van der Waals surface area contributed by atoms with Crippen LogP contribution in [0.5, 0.6) is 0 Å². The van der Waals surface area contributed by atoms with E-state index in [0.29, 0.717) is 6.54 Å². The van der Waals surface area contributed by atoms with Crippen molar-refractivity contribution in [1.82, 2.24) is 10.4 Å². The Bertz CT molecular complexity index is 424. The van der Waals surface area contributed by atoms with Crippen LogP contribution >= 0.6 is 0 Å². The maximum Gasteiger partial charge on any atom is 0.356 e. The highest BCUT2D eigenvalue weighted by Gasteiger charge is 2.18. The number of aryl methyl sites for hydroxylation is 1. The highest BCUT2D eigenvalue weighted by Crippen LogP contribution is 2.10. The van der Waals surface area contributed by atoms with E-state index in [4.69, 9.17) is 0 Å². The summed E-state index contributed by atoms with van der Waals surface area (Å²) in [6, 6.07) is 7.61. The zero-order valence-electron chi connectivity index (χ0n) is 9.32. The molecule has 2 rings (SSSR count). The third kappa shape index (κ3) is 2.31. The van der Waals surface area contributed by atoms with E-state index in [1.165, 1.54) is 10.6 Å². The minimum atomic E-state index is -0.244. The number of carbonyl (C=O) groups excluding carboxylic acids is 1. The molecule has 0 unspecified atom stereocenters. The summed E-state index contributed by atoms with van der Waals surface area (Å²) in [4.78, 5) is 11.5. The summed E-state index contributed by atoms with van der Waals surface area (Å²) in [5.41, 5.74) is 8.39. The first-order chi connectivity index (χ1) is 7.65. The second-order valence-corrected chi connectivity index (χ2v) is 3.83. The molecule has 2 amide bonds. The van der Waals surface area contributed by atoms with Gasteiger partial charge in [-0.2, -0.15) is 5.10 Å². The molecule has 0 saturated heterocycles. The standard InChI is InChI=1S/C11H14N4O/c1-8-3-5-10(6-4-8)14-15-7-9(2)12-13-11(15)16/h3-6,14H,7H2,1-2H3,(H,13,16). The fraction of sp³-hybridized carbons (Fsp3) is 0.273. The monoisotopic (exact) mass is 218 g/mol. The minimum Gasteiger partial charge on any atom is -0.294 e. The van der Waals surface area contributed by atoms with E-state index in [1.807, 2.05) is 38.1 Å². The number of amides is 2. The van der Waals surface area contributed by atoms with Gasteiger partial charge in [0.1, 0.15) is 0 Å². The highest BCUT2D eigenvalue weighted by atomic mass is 16.2. The molecule has 1 aromatic carbocycles. The van der Waals surface area contributed by atoms with Gasteiger partial charge in [-0.25, -0.2) is 15.2 Å². The van der Waals surface area contributed by atoms with Gasteiger partial charge in [-0.15, -0.1) is 0 Å². The van der Waals surface area contributed by atoms with Gasteiger partial charge in [-0.3, -0.25) is 5.43 Å². The van der Waals surface area contributed by atoms with Crippen LogP contribution in [0.4, 0.5) is 10.5 Å². The zero-order chi connectivity index (χ0) is 11.5. The average molecular weight is 218 g/mol. The Labute approximate surface area is 94.1 Å². The average Bonchev–Trinajstić information content (AvgIpc) is 2.27. The second kappa shape index (κ2) is 4.22. The van der Waals surface area contributed by atoms with Crippen molar-refractivity contribution in [2.75, 3.05) is 12.0 Å². The highest BCUT2D eigenvalue weighted by molar-refractivity contribution is 5.92. The van der Waals surface area contributed by atoms with Crippen LogP contribution in [-0.4, -0.2) is 23.3 Å².